The van der Waals surface area contributed by atoms with E-state index >= 15 is 0 Å². The van der Waals surface area contributed by atoms with E-state index < -0.39 is 11.0 Å². The summed E-state index contributed by atoms with van der Waals surface area (Å²) in [7, 11) is 0. The lowest BCUT2D eigenvalue weighted by molar-refractivity contribution is -0.0330. The Balaban J connectivity index is 2.22. The maximum absolute atomic E-state index is 11.8. The minimum Gasteiger partial charge on any atom is -0.380 e. The van der Waals surface area contributed by atoms with Crippen molar-refractivity contribution in [2.75, 3.05) is 19.0 Å². The van der Waals surface area contributed by atoms with Crippen LogP contribution in [0, 0.1) is 0 Å². The van der Waals surface area contributed by atoms with Gasteiger partial charge in [-0.2, -0.15) is 13.2 Å². The molecule has 0 spiro atoms. The fourth-order valence-electron chi connectivity index (χ4n) is 1.44. The van der Waals surface area contributed by atoms with Crippen molar-refractivity contribution in [3.63, 3.8) is 0 Å². The first-order valence-corrected chi connectivity index (χ1v) is 5.47. The molecule has 0 aromatic rings. The molecule has 1 atom stereocenters. The van der Waals surface area contributed by atoms with Gasteiger partial charge in [0.05, 0.1) is 6.61 Å². The normalized spacial score (nSPS) is 29.1. The average molecular weight is 229 g/mol. The van der Waals surface area contributed by atoms with Gasteiger partial charge in [-0.05, 0) is 19.3 Å². The lowest BCUT2D eigenvalue weighted by Gasteiger charge is -2.33. The fourth-order valence-corrected chi connectivity index (χ4v) is 2.18. The van der Waals surface area contributed by atoms with E-state index in [0.717, 1.165) is 12.8 Å². The van der Waals surface area contributed by atoms with Gasteiger partial charge in [0.1, 0.15) is 0 Å². The predicted molar refractivity (Wildman–Crippen MR) is 50.1 cm³/mol. The van der Waals surface area contributed by atoms with Crippen LogP contribution in [0.25, 0.3) is 0 Å². The number of thioether (sulfide) groups is 1. The van der Waals surface area contributed by atoms with Gasteiger partial charge in [-0.25, -0.2) is 0 Å². The summed E-state index contributed by atoms with van der Waals surface area (Å²) in [5.41, 5.74) is 1.19. The highest BCUT2D eigenvalue weighted by Gasteiger charge is 2.32. The number of hydrogen-bond donors (Lipinski definition) is 1. The summed E-state index contributed by atoms with van der Waals surface area (Å²) >= 11 is -0.00979. The molecule has 0 bridgehead atoms. The van der Waals surface area contributed by atoms with E-state index in [9.17, 15) is 13.2 Å². The summed E-state index contributed by atoms with van der Waals surface area (Å²) < 4.78 is 40.6. The second kappa shape index (κ2) is 4.72. The molecule has 1 aliphatic heterocycles. The van der Waals surface area contributed by atoms with Gasteiger partial charge in [-0.3, -0.25) is 0 Å². The van der Waals surface area contributed by atoms with Crippen molar-refractivity contribution in [3.05, 3.63) is 0 Å². The first-order valence-electron chi connectivity index (χ1n) is 4.49. The molecule has 0 aliphatic carbocycles. The van der Waals surface area contributed by atoms with E-state index in [4.69, 9.17) is 10.5 Å². The van der Waals surface area contributed by atoms with Crippen molar-refractivity contribution < 1.29 is 17.9 Å². The molecular formula is C8H14F3NOS. The average Bonchev–Trinajstić information content (AvgIpc) is 2.02. The predicted octanol–water partition coefficient (Wildman–Crippen LogP) is 2.14. The monoisotopic (exact) mass is 229 g/mol. The van der Waals surface area contributed by atoms with Crippen molar-refractivity contribution in [1.29, 1.82) is 0 Å². The van der Waals surface area contributed by atoms with Gasteiger partial charge in [0.2, 0.25) is 0 Å². The van der Waals surface area contributed by atoms with Crippen molar-refractivity contribution in [2.45, 2.75) is 30.3 Å². The van der Waals surface area contributed by atoms with E-state index in [1.54, 1.807) is 0 Å². The number of halogens is 3. The maximum Gasteiger partial charge on any atom is 0.441 e. The third-order valence-corrected chi connectivity index (χ3v) is 2.95. The molecule has 0 aromatic carbocycles. The van der Waals surface area contributed by atoms with Gasteiger partial charge in [0.25, 0.3) is 0 Å². The zero-order valence-electron chi connectivity index (χ0n) is 7.77. The van der Waals surface area contributed by atoms with E-state index in [0.29, 0.717) is 19.6 Å². The molecule has 84 valence electrons. The first-order chi connectivity index (χ1) is 6.41. The van der Waals surface area contributed by atoms with Crippen molar-refractivity contribution >= 4 is 11.8 Å². The molecule has 2 N–H and O–H groups in total. The van der Waals surface area contributed by atoms with Crippen LogP contribution in [0.5, 0.6) is 0 Å². The van der Waals surface area contributed by atoms with Crippen LogP contribution >= 0.6 is 11.8 Å². The molecular weight excluding hydrogens is 215 g/mol. The molecule has 0 amide bonds. The van der Waals surface area contributed by atoms with Gasteiger partial charge in [0, 0.05) is 17.9 Å². The number of rotatable bonds is 3. The number of ether oxygens (including phenoxy) is 1. The van der Waals surface area contributed by atoms with E-state index in [2.05, 4.69) is 0 Å². The van der Waals surface area contributed by atoms with Crippen molar-refractivity contribution in [2.24, 2.45) is 5.73 Å². The Labute approximate surface area is 85.4 Å². The van der Waals surface area contributed by atoms with Crippen LogP contribution in [0.1, 0.15) is 19.3 Å². The third-order valence-electron chi connectivity index (χ3n) is 2.22. The molecule has 1 saturated heterocycles. The summed E-state index contributed by atoms with van der Waals surface area (Å²) in [6, 6.07) is 0. The molecule has 6 heteroatoms. The second-order valence-corrected chi connectivity index (χ2v) is 4.72. The first kappa shape index (κ1) is 12.1. The number of nitrogens with two attached hydrogens (primary N) is 1. The molecule has 0 aromatic heterocycles. The van der Waals surface area contributed by atoms with Crippen molar-refractivity contribution in [3.8, 4) is 0 Å². The molecule has 0 radical (unpaired) electrons. The van der Waals surface area contributed by atoms with Gasteiger partial charge in [0.15, 0.2) is 0 Å². The Hall–Kier alpha value is 0.0600. The number of hydrogen-bond acceptors (Lipinski definition) is 3. The van der Waals surface area contributed by atoms with Crippen LogP contribution < -0.4 is 5.73 Å². The summed E-state index contributed by atoms with van der Waals surface area (Å²) in [5.74, 6) is 0.0172. The maximum atomic E-state index is 11.8. The third kappa shape index (κ3) is 4.52. The molecule has 1 heterocycles. The Morgan fingerprint density at radius 2 is 2.14 bits per heavy atom. The smallest absolute Gasteiger partial charge is 0.380 e. The molecule has 0 saturated carbocycles. The van der Waals surface area contributed by atoms with Gasteiger partial charge in [-0.15, -0.1) is 0 Å². The summed E-state index contributed by atoms with van der Waals surface area (Å²) in [6.07, 6.45) is 1.95. The molecule has 14 heavy (non-hydrogen) atoms. The van der Waals surface area contributed by atoms with Crippen LogP contribution in [0.3, 0.4) is 0 Å². The Morgan fingerprint density at radius 3 is 2.64 bits per heavy atom. The molecule has 1 unspecified atom stereocenters. The largest absolute Gasteiger partial charge is 0.441 e. The van der Waals surface area contributed by atoms with Crippen molar-refractivity contribution in [1.82, 2.24) is 0 Å². The standard InChI is InChI=1S/C8H14F3NOS/c9-8(10,11)14-5-3-7(12)2-1-4-13-6-7/h1-6,12H2. The van der Waals surface area contributed by atoms with Crippen LogP contribution in [0.2, 0.25) is 0 Å². The minimum atomic E-state index is -4.15. The highest BCUT2D eigenvalue weighted by molar-refractivity contribution is 8.00. The van der Waals surface area contributed by atoms with Gasteiger partial charge >= 0.3 is 5.51 Å². The summed E-state index contributed by atoms with van der Waals surface area (Å²) in [6.45, 7) is 1.05. The minimum absolute atomic E-state index is 0.00979. The Morgan fingerprint density at radius 1 is 1.43 bits per heavy atom. The van der Waals surface area contributed by atoms with E-state index in [1.165, 1.54) is 0 Å². The second-order valence-electron chi connectivity index (χ2n) is 3.56. The molecule has 2 nitrogen and oxygen atoms in total. The highest BCUT2D eigenvalue weighted by atomic mass is 32.2. The Bertz CT molecular complexity index is 180. The van der Waals surface area contributed by atoms with Crippen LogP contribution in [0.4, 0.5) is 13.2 Å². The van der Waals surface area contributed by atoms with Crippen LogP contribution in [0.15, 0.2) is 0 Å². The van der Waals surface area contributed by atoms with Gasteiger partial charge in [-0.1, -0.05) is 11.8 Å². The summed E-state index contributed by atoms with van der Waals surface area (Å²) in [5, 5.41) is 0. The highest BCUT2D eigenvalue weighted by Crippen LogP contribution is 2.32. The molecule has 1 aliphatic rings. The van der Waals surface area contributed by atoms with Crippen LogP contribution in [-0.4, -0.2) is 30.0 Å². The zero-order valence-corrected chi connectivity index (χ0v) is 8.59. The Kier molecular flexibility index (Phi) is 4.09. The van der Waals surface area contributed by atoms with E-state index in [1.807, 2.05) is 0 Å². The molecule has 1 rings (SSSR count). The van der Waals surface area contributed by atoms with E-state index in [-0.39, 0.29) is 17.5 Å². The number of alkyl halides is 3. The fraction of sp³-hybridized carbons (Fsp3) is 1.00. The quantitative estimate of drug-likeness (QED) is 0.805. The SMILES string of the molecule is NC1(CCSC(F)(F)F)CCCOC1. The summed E-state index contributed by atoms with van der Waals surface area (Å²) in [4.78, 5) is 0. The zero-order chi connectivity index (χ0) is 10.7. The van der Waals surface area contributed by atoms with Gasteiger partial charge < -0.3 is 10.5 Å². The molecule has 1 fully saturated rings. The topological polar surface area (TPSA) is 35.2 Å². The van der Waals surface area contributed by atoms with Crippen LogP contribution in [-0.2, 0) is 4.74 Å². The lowest BCUT2D eigenvalue weighted by Crippen LogP contribution is -2.47. The lowest BCUT2D eigenvalue weighted by atomic mass is 9.91.